The predicted molar refractivity (Wildman–Crippen MR) is 83.8 cm³/mol. The number of aromatic hydroxyl groups is 1. The highest BCUT2D eigenvalue weighted by atomic mass is 19.2. The Labute approximate surface area is 133 Å². The highest BCUT2D eigenvalue weighted by Crippen LogP contribution is 2.37. The lowest BCUT2D eigenvalue weighted by molar-refractivity contribution is 0.424. The van der Waals surface area contributed by atoms with Crippen molar-refractivity contribution >= 4 is 0 Å². The summed E-state index contributed by atoms with van der Waals surface area (Å²) in [6.07, 6.45) is 5.03. The molecule has 0 bridgehead atoms. The molecule has 2 aromatic carbocycles. The molecule has 1 saturated carbocycles. The van der Waals surface area contributed by atoms with Gasteiger partial charge in [0.15, 0.2) is 23.2 Å². The number of rotatable bonds is 3. The molecule has 0 aliphatic heterocycles. The zero-order valence-electron chi connectivity index (χ0n) is 13.0. The molecule has 2 aromatic rings. The first-order valence-electron chi connectivity index (χ1n) is 7.94. The average Bonchev–Trinajstić information content (AvgIpc) is 3.04. The van der Waals surface area contributed by atoms with Gasteiger partial charge in [-0.05, 0) is 30.4 Å². The monoisotopic (exact) mass is 320 g/mol. The van der Waals surface area contributed by atoms with Gasteiger partial charge in [-0.3, -0.25) is 0 Å². The van der Waals surface area contributed by atoms with Gasteiger partial charge < -0.3 is 5.11 Å². The summed E-state index contributed by atoms with van der Waals surface area (Å²) in [6, 6.07) is 5.81. The Hall–Kier alpha value is -1.97. The molecule has 23 heavy (non-hydrogen) atoms. The summed E-state index contributed by atoms with van der Waals surface area (Å²) in [4.78, 5) is 0. The summed E-state index contributed by atoms with van der Waals surface area (Å²) >= 11 is 0. The van der Waals surface area contributed by atoms with Crippen molar-refractivity contribution in [1.82, 2.24) is 0 Å². The average molecular weight is 320 g/mol. The summed E-state index contributed by atoms with van der Waals surface area (Å²) in [5.74, 6) is -2.94. The maximum Gasteiger partial charge on any atom is 0.168 e. The second kappa shape index (κ2) is 6.26. The fourth-order valence-electron chi connectivity index (χ4n) is 3.36. The molecular formula is C19H19F3O. The molecule has 0 spiro atoms. The Bertz CT molecular complexity index is 734. The van der Waals surface area contributed by atoms with E-state index in [9.17, 15) is 18.3 Å². The first kappa shape index (κ1) is 15.9. The Morgan fingerprint density at radius 2 is 1.57 bits per heavy atom. The quantitative estimate of drug-likeness (QED) is 0.789. The summed E-state index contributed by atoms with van der Waals surface area (Å²) in [6.45, 7) is 1.45. The van der Waals surface area contributed by atoms with Gasteiger partial charge in [0.2, 0.25) is 0 Å². The third kappa shape index (κ3) is 2.94. The highest BCUT2D eigenvalue weighted by molar-refractivity contribution is 5.72. The van der Waals surface area contributed by atoms with Crippen molar-refractivity contribution in [2.24, 2.45) is 5.92 Å². The third-order valence-corrected chi connectivity index (χ3v) is 4.75. The predicted octanol–water partition coefficient (Wildman–Crippen LogP) is 5.52. The molecule has 0 saturated heterocycles. The van der Waals surface area contributed by atoms with Crippen LogP contribution in [0.2, 0.25) is 0 Å². The molecule has 1 aliphatic rings. The van der Waals surface area contributed by atoms with Crippen LogP contribution in [0.1, 0.15) is 36.8 Å². The summed E-state index contributed by atoms with van der Waals surface area (Å²) in [5, 5.41) is 10.1. The van der Waals surface area contributed by atoms with E-state index in [4.69, 9.17) is 0 Å². The molecule has 1 nitrogen and oxygen atoms in total. The van der Waals surface area contributed by atoms with Gasteiger partial charge in [0.25, 0.3) is 0 Å². The summed E-state index contributed by atoms with van der Waals surface area (Å²) < 4.78 is 42.2. The number of halogens is 3. The van der Waals surface area contributed by atoms with Crippen LogP contribution in [0.15, 0.2) is 24.3 Å². The van der Waals surface area contributed by atoms with Crippen LogP contribution in [0.5, 0.6) is 5.75 Å². The Balaban J connectivity index is 1.98. The van der Waals surface area contributed by atoms with Crippen LogP contribution in [-0.4, -0.2) is 5.11 Å². The summed E-state index contributed by atoms with van der Waals surface area (Å²) in [5.41, 5.74) is 0.459. The molecule has 0 radical (unpaired) electrons. The van der Waals surface area contributed by atoms with Crippen molar-refractivity contribution < 1.29 is 18.3 Å². The molecule has 4 heteroatoms. The molecule has 0 aromatic heterocycles. The fraction of sp³-hybridized carbons (Fsp3) is 0.368. The van der Waals surface area contributed by atoms with Crippen molar-refractivity contribution in [3.63, 3.8) is 0 Å². The van der Waals surface area contributed by atoms with Gasteiger partial charge in [0.1, 0.15) is 0 Å². The van der Waals surface area contributed by atoms with E-state index in [2.05, 4.69) is 0 Å². The molecule has 1 aliphatic carbocycles. The zero-order valence-corrected chi connectivity index (χ0v) is 13.0. The van der Waals surface area contributed by atoms with Crippen LogP contribution >= 0.6 is 0 Å². The SMILES string of the molecule is Cc1ccc(-c2ccc(CC3CCCC3)c(F)c2O)c(F)c1F. The maximum absolute atomic E-state index is 14.4. The molecule has 0 atom stereocenters. The zero-order chi connectivity index (χ0) is 16.6. The van der Waals surface area contributed by atoms with Gasteiger partial charge in [-0.2, -0.15) is 0 Å². The first-order chi connectivity index (χ1) is 11.0. The van der Waals surface area contributed by atoms with E-state index in [0.717, 1.165) is 25.7 Å². The van der Waals surface area contributed by atoms with Crippen molar-refractivity contribution in [3.05, 3.63) is 52.8 Å². The molecular weight excluding hydrogens is 301 g/mol. The van der Waals surface area contributed by atoms with E-state index in [1.807, 2.05) is 0 Å². The number of phenolic OH excluding ortho intramolecular Hbond substituents is 1. The van der Waals surface area contributed by atoms with Crippen LogP contribution in [0, 0.1) is 30.3 Å². The second-order valence-corrected chi connectivity index (χ2v) is 6.35. The van der Waals surface area contributed by atoms with Gasteiger partial charge in [-0.25, -0.2) is 13.2 Å². The number of benzene rings is 2. The second-order valence-electron chi connectivity index (χ2n) is 6.35. The molecule has 0 heterocycles. The van der Waals surface area contributed by atoms with Gasteiger partial charge in [-0.1, -0.05) is 49.9 Å². The van der Waals surface area contributed by atoms with Gasteiger partial charge in [-0.15, -0.1) is 0 Å². The number of phenols is 1. The topological polar surface area (TPSA) is 20.2 Å². The van der Waals surface area contributed by atoms with E-state index < -0.39 is 23.2 Å². The molecule has 1 fully saturated rings. The minimum absolute atomic E-state index is 0.0194. The van der Waals surface area contributed by atoms with E-state index in [0.29, 0.717) is 17.9 Å². The van der Waals surface area contributed by atoms with E-state index >= 15 is 0 Å². The van der Waals surface area contributed by atoms with Crippen molar-refractivity contribution in [2.75, 3.05) is 0 Å². The molecule has 0 unspecified atom stereocenters. The van der Waals surface area contributed by atoms with Crippen LogP contribution in [-0.2, 0) is 6.42 Å². The minimum atomic E-state index is -1.07. The molecule has 3 rings (SSSR count). The largest absolute Gasteiger partial charge is 0.504 e. The molecule has 122 valence electrons. The van der Waals surface area contributed by atoms with Gasteiger partial charge in [0, 0.05) is 11.1 Å². The normalized spacial score (nSPS) is 15.3. The summed E-state index contributed by atoms with van der Waals surface area (Å²) in [7, 11) is 0. The molecule has 0 amide bonds. The first-order valence-corrected chi connectivity index (χ1v) is 7.94. The van der Waals surface area contributed by atoms with E-state index in [1.54, 1.807) is 6.07 Å². The van der Waals surface area contributed by atoms with Gasteiger partial charge in [0.05, 0.1) is 0 Å². The lowest BCUT2D eigenvalue weighted by Crippen LogP contribution is -2.02. The Morgan fingerprint density at radius 1 is 0.913 bits per heavy atom. The number of hydrogen-bond donors (Lipinski definition) is 1. The Morgan fingerprint density at radius 3 is 2.26 bits per heavy atom. The van der Waals surface area contributed by atoms with Crippen molar-refractivity contribution in [3.8, 4) is 16.9 Å². The van der Waals surface area contributed by atoms with Crippen LogP contribution in [0.25, 0.3) is 11.1 Å². The van der Waals surface area contributed by atoms with E-state index in [-0.39, 0.29) is 16.7 Å². The highest BCUT2D eigenvalue weighted by Gasteiger charge is 2.22. The number of aryl methyl sites for hydroxylation is 1. The fourth-order valence-corrected chi connectivity index (χ4v) is 3.36. The van der Waals surface area contributed by atoms with Crippen molar-refractivity contribution in [1.29, 1.82) is 0 Å². The standard InChI is InChI=1S/C19H19F3O/c1-11-6-8-14(18(22)16(11)20)15-9-7-13(17(21)19(15)23)10-12-4-2-3-5-12/h6-9,12,23H,2-5,10H2,1H3. The smallest absolute Gasteiger partial charge is 0.168 e. The van der Waals surface area contributed by atoms with Crippen LogP contribution in [0.3, 0.4) is 0 Å². The third-order valence-electron chi connectivity index (χ3n) is 4.75. The molecule has 1 N–H and O–H groups in total. The maximum atomic E-state index is 14.4. The lowest BCUT2D eigenvalue weighted by Gasteiger charge is -2.14. The van der Waals surface area contributed by atoms with Crippen molar-refractivity contribution in [2.45, 2.75) is 39.0 Å². The van der Waals surface area contributed by atoms with Gasteiger partial charge >= 0.3 is 0 Å². The van der Waals surface area contributed by atoms with E-state index in [1.165, 1.54) is 25.1 Å². The van der Waals surface area contributed by atoms with Crippen LogP contribution < -0.4 is 0 Å². The van der Waals surface area contributed by atoms with Crippen LogP contribution in [0.4, 0.5) is 13.2 Å². The minimum Gasteiger partial charge on any atom is -0.504 e. The lowest BCUT2D eigenvalue weighted by atomic mass is 9.94. The Kier molecular flexibility index (Phi) is 4.33. The number of hydrogen-bond acceptors (Lipinski definition) is 1.